The molecule has 2 aromatic carbocycles. The lowest BCUT2D eigenvalue weighted by Gasteiger charge is -2.28. The molecule has 1 aliphatic heterocycles. The molecule has 29 heavy (non-hydrogen) atoms. The molecule has 1 saturated carbocycles. The normalized spacial score (nSPS) is 19.8. The van der Waals surface area contributed by atoms with Crippen molar-refractivity contribution in [2.24, 2.45) is 0 Å². The van der Waals surface area contributed by atoms with Crippen LogP contribution in [0.4, 0.5) is 0 Å². The zero-order valence-corrected chi connectivity index (χ0v) is 15.9. The molecule has 148 valence electrons. The van der Waals surface area contributed by atoms with E-state index in [1.165, 1.54) is 0 Å². The van der Waals surface area contributed by atoms with Crippen molar-refractivity contribution in [2.45, 2.75) is 44.2 Å². The van der Waals surface area contributed by atoms with E-state index in [2.05, 4.69) is 0 Å². The van der Waals surface area contributed by atoms with Gasteiger partial charge in [-0.15, -0.1) is 0 Å². The van der Waals surface area contributed by atoms with Crippen LogP contribution in [0.2, 0.25) is 0 Å². The predicted octanol–water partition coefficient (Wildman–Crippen LogP) is 2.95. The average molecular weight is 391 g/mol. The zero-order chi connectivity index (χ0) is 20.4. The van der Waals surface area contributed by atoms with Crippen LogP contribution in [-0.4, -0.2) is 40.6 Å². The maximum absolute atomic E-state index is 13.1. The lowest BCUT2D eigenvalue weighted by atomic mass is 9.96. The maximum Gasteiger partial charge on any atom is 0.330 e. The van der Waals surface area contributed by atoms with Crippen LogP contribution >= 0.6 is 0 Å². The van der Waals surface area contributed by atoms with Crippen molar-refractivity contribution >= 4 is 23.6 Å². The number of hydrogen-bond donors (Lipinski definition) is 0. The van der Waals surface area contributed by atoms with E-state index in [4.69, 9.17) is 4.74 Å². The van der Waals surface area contributed by atoms with E-state index in [1.807, 2.05) is 30.3 Å². The Bertz CT molecular complexity index is 933. The Hall–Kier alpha value is -3.28. The van der Waals surface area contributed by atoms with Gasteiger partial charge in [0.25, 0.3) is 11.8 Å². The van der Waals surface area contributed by atoms with Gasteiger partial charge in [-0.1, -0.05) is 42.5 Å². The van der Waals surface area contributed by atoms with E-state index >= 15 is 0 Å². The second-order valence-electron chi connectivity index (χ2n) is 7.37. The van der Waals surface area contributed by atoms with Gasteiger partial charge in [-0.05, 0) is 37.0 Å². The molecule has 1 heterocycles. The second-order valence-corrected chi connectivity index (χ2v) is 7.37. The summed E-state index contributed by atoms with van der Waals surface area (Å²) < 4.78 is 5.51. The van der Waals surface area contributed by atoms with Crippen molar-refractivity contribution in [1.29, 1.82) is 0 Å². The summed E-state index contributed by atoms with van der Waals surface area (Å²) >= 11 is 0. The van der Waals surface area contributed by atoms with E-state index in [0.717, 1.165) is 23.3 Å². The molecular formula is C23H21NO5. The Morgan fingerprint density at radius 3 is 2.17 bits per heavy atom. The third-order valence-corrected chi connectivity index (χ3v) is 5.44. The lowest BCUT2D eigenvalue weighted by Crippen LogP contribution is -2.48. The molecule has 0 radical (unpaired) electrons. The number of fused-ring (bicyclic) bond motifs is 1. The lowest BCUT2D eigenvalue weighted by molar-refractivity contribution is -0.160. The van der Waals surface area contributed by atoms with E-state index in [0.29, 0.717) is 12.8 Å². The van der Waals surface area contributed by atoms with Gasteiger partial charge in [0.05, 0.1) is 11.1 Å². The van der Waals surface area contributed by atoms with Crippen molar-refractivity contribution in [3.8, 4) is 0 Å². The zero-order valence-electron chi connectivity index (χ0n) is 15.9. The van der Waals surface area contributed by atoms with Crippen LogP contribution in [-0.2, 0) is 20.7 Å². The monoisotopic (exact) mass is 391 g/mol. The summed E-state index contributed by atoms with van der Waals surface area (Å²) in [6, 6.07) is 14.5. The highest BCUT2D eigenvalue weighted by Crippen LogP contribution is 2.27. The minimum atomic E-state index is -1.13. The summed E-state index contributed by atoms with van der Waals surface area (Å²) in [6.07, 6.45) is 1.79. The number of hydrogen-bond acceptors (Lipinski definition) is 5. The largest absolute Gasteiger partial charge is 0.453 e. The van der Waals surface area contributed by atoms with Crippen molar-refractivity contribution in [1.82, 2.24) is 4.90 Å². The van der Waals surface area contributed by atoms with Crippen molar-refractivity contribution in [3.05, 3.63) is 71.3 Å². The van der Waals surface area contributed by atoms with Gasteiger partial charge in [-0.3, -0.25) is 19.3 Å². The van der Waals surface area contributed by atoms with E-state index < -0.39 is 29.9 Å². The van der Waals surface area contributed by atoms with E-state index in [9.17, 15) is 19.2 Å². The Kier molecular flexibility index (Phi) is 5.25. The molecule has 6 nitrogen and oxygen atoms in total. The summed E-state index contributed by atoms with van der Waals surface area (Å²) in [7, 11) is 0. The fraction of sp³-hybridized carbons (Fsp3) is 0.304. The van der Waals surface area contributed by atoms with Crippen molar-refractivity contribution in [3.63, 3.8) is 0 Å². The predicted molar refractivity (Wildman–Crippen MR) is 104 cm³/mol. The SMILES string of the molecule is O=C1CCCCC1OC(=O)C(Cc1ccccc1)N1C(=O)c2ccccc2C1=O. The number of ether oxygens (including phenoxy) is 1. The van der Waals surface area contributed by atoms with Gasteiger partial charge in [0.15, 0.2) is 11.9 Å². The number of nitrogens with zero attached hydrogens (tertiary/aromatic N) is 1. The topological polar surface area (TPSA) is 80.8 Å². The number of benzene rings is 2. The van der Waals surface area contributed by atoms with Crippen LogP contribution in [0, 0.1) is 0 Å². The van der Waals surface area contributed by atoms with Crippen LogP contribution in [0.1, 0.15) is 52.0 Å². The van der Waals surface area contributed by atoms with Gasteiger partial charge < -0.3 is 4.74 Å². The third kappa shape index (κ3) is 3.70. The molecule has 0 saturated heterocycles. The van der Waals surface area contributed by atoms with Crippen molar-refractivity contribution in [2.75, 3.05) is 0 Å². The smallest absolute Gasteiger partial charge is 0.330 e. The van der Waals surface area contributed by atoms with E-state index in [-0.39, 0.29) is 23.3 Å². The number of ketones is 1. The Balaban J connectivity index is 1.64. The minimum Gasteiger partial charge on any atom is -0.453 e. The Labute approximate surface area is 168 Å². The molecule has 0 N–H and O–H groups in total. The number of imide groups is 1. The van der Waals surface area contributed by atoms with E-state index in [1.54, 1.807) is 24.3 Å². The molecule has 0 spiro atoms. The standard InChI is InChI=1S/C23H21NO5/c25-19-12-6-7-13-20(19)29-23(28)18(14-15-8-2-1-3-9-15)24-21(26)16-10-4-5-11-17(16)22(24)27/h1-5,8-11,18,20H,6-7,12-14H2. The fourth-order valence-electron chi connectivity index (χ4n) is 3.90. The van der Waals surface area contributed by atoms with Gasteiger partial charge >= 0.3 is 5.97 Å². The first-order valence-electron chi connectivity index (χ1n) is 9.80. The molecule has 2 aliphatic rings. The summed E-state index contributed by atoms with van der Waals surface area (Å²) in [5, 5.41) is 0. The van der Waals surface area contributed by atoms with Gasteiger partial charge in [0, 0.05) is 12.8 Å². The molecule has 1 aliphatic carbocycles. The molecular weight excluding hydrogens is 370 g/mol. The van der Waals surface area contributed by atoms with Crippen LogP contribution in [0.15, 0.2) is 54.6 Å². The van der Waals surface area contributed by atoms with Gasteiger partial charge in [-0.25, -0.2) is 4.79 Å². The molecule has 2 unspecified atom stereocenters. The molecule has 0 bridgehead atoms. The second kappa shape index (κ2) is 7.99. The maximum atomic E-state index is 13.1. The summed E-state index contributed by atoms with van der Waals surface area (Å²) in [6.45, 7) is 0. The number of amides is 2. The van der Waals surface area contributed by atoms with Crippen LogP contribution in [0.25, 0.3) is 0 Å². The summed E-state index contributed by atoms with van der Waals surface area (Å²) in [5.41, 5.74) is 1.34. The molecule has 6 heteroatoms. The first-order valence-corrected chi connectivity index (χ1v) is 9.80. The molecule has 1 fully saturated rings. The first-order chi connectivity index (χ1) is 14.1. The molecule has 2 atom stereocenters. The molecule has 2 amide bonds. The fourth-order valence-corrected chi connectivity index (χ4v) is 3.90. The first kappa shape index (κ1) is 19.1. The van der Waals surface area contributed by atoms with Gasteiger partial charge in [0.2, 0.25) is 0 Å². The van der Waals surface area contributed by atoms with Crippen LogP contribution in [0.3, 0.4) is 0 Å². The van der Waals surface area contributed by atoms with Crippen LogP contribution < -0.4 is 0 Å². The van der Waals surface area contributed by atoms with Gasteiger partial charge in [-0.2, -0.15) is 0 Å². The number of carbonyl (C=O) groups is 4. The van der Waals surface area contributed by atoms with Crippen LogP contribution in [0.5, 0.6) is 0 Å². The highest BCUT2D eigenvalue weighted by atomic mass is 16.5. The van der Waals surface area contributed by atoms with Crippen molar-refractivity contribution < 1.29 is 23.9 Å². The number of rotatable bonds is 5. The molecule has 2 aromatic rings. The molecule has 0 aromatic heterocycles. The Morgan fingerprint density at radius 2 is 1.55 bits per heavy atom. The number of Topliss-reactive ketones (excluding diaryl/α,β-unsaturated/α-hetero) is 1. The highest BCUT2D eigenvalue weighted by Gasteiger charge is 2.44. The third-order valence-electron chi connectivity index (χ3n) is 5.44. The Morgan fingerprint density at radius 1 is 0.931 bits per heavy atom. The minimum absolute atomic E-state index is 0.106. The highest BCUT2D eigenvalue weighted by molar-refractivity contribution is 6.22. The number of esters is 1. The number of carbonyl (C=O) groups excluding carboxylic acids is 4. The summed E-state index contributed by atoms with van der Waals surface area (Å²) in [4.78, 5) is 52.0. The summed E-state index contributed by atoms with van der Waals surface area (Å²) in [5.74, 6) is -1.86. The quantitative estimate of drug-likeness (QED) is 0.578. The van der Waals surface area contributed by atoms with Gasteiger partial charge in [0.1, 0.15) is 6.04 Å². The average Bonchev–Trinajstić information content (AvgIpc) is 2.99. The molecule has 4 rings (SSSR count).